The van der Waals surface area contributed by atoms with Gasteiger partial charge in [0.1, 0.15) is 11.9 Å². The van der Waals surface area contributed by atoms with Crippen molar-refractivity contribution >= 4 is 17.2 Å². The van der Waals surface area contributed by atoms with E-state index in [1.807, 2.05) is 13.0 Å². The Morgan fingerprint density at radius 2 is 2.03 bits per heavy atom. The fraction of sp³-hybridized carbons (Fsp3) is 0.516. The van der Waals surface area contributed by atoms with Crippen LogP contribution in [0.3, 0.4) is 0 Å². The van der Waals surface area contributed by atoms with Crippen LogP contribution >= 0.6 is 0 Å². The predicted octanol–water partition coefficient (Wildman–Crippen LogP) is 3.51. The molecule has 1 saturated heterocycles. The molecule has 0 aliphatic carbocycles. The summed E-state index contributed by atoms with van der Waals surface area (Å²) in [6.07, 6.45) is 6.39. The van der Waals surface area contributed by atoms with Crippen molar-refractivity contribution in [2.45, 2.75) is 71.1 Å². The van der Waals surface area contributed by atoms with Gasteiger partial charge in [0.25, 0.3) is 5.56 Å². The smallest absolute Gasteiger partial charge is 0.254 e. The lowest BCUT2D eigenvalue weighted by molar-refractivity contribution is -0.115. The number of nitrogens with zero attached hydrogens (tertiary/aromatic N) is 3. The second-order valence-corrected chi connectivity index (χ2v) is 11.1. The molecule has 2 aromatic heterocycles. The zero-order valence-electron chi connectivity index (χ0n) is 22.8. The Bertz CT molecular complexity index is 1460. The largest absolute Gasteiger partial charge is 0.493 e. The fourth-order valence-electron chi connectivity index (χ4n) is 6.51. The van der Waals surface area contributed by atoms with E-state index in [1.54, 1.807) is 10.6 Å². The second kappa shape index (κ2) is 11.2. The van der Waals surface area contributed by atoms with Crippen molar-refractivity contribution in [2.24, 2.45) is 0 Å². The lowest BCUT2D eigenvalue weighted by Gasteiger charge is -2.26. The first kappa shape index (κ1) is 26.2. The Morgan fingerprint density at radius 3 is 2.82 bits per heavy atom. The van der Waals surface area contributed by atoms with Gasteiger partial charge in [0, 0.05) is 35.5 Å². The number of aliphatic hydroxyl groups is 1. The van der Waals surface area contributed by atoms with E-state index in [4.69, 9.17) is 9.72 Å². The van der Waals surface area contributed by atoms with Crippen molar-refractivity contribution in [3.63, 3.8) is 0 Å². The van der Waals surface area contributed by atoms with Crippen molar-refractivity contribution in [3.8, 4) is 17.1 Å². The number of aromatic nitrogens is 2. The van der Waals surface area contributed by atoms with E-state index in [1.165, 1.54) is 43.5 Å². The molecule has 2 N–H and O–H groups in total. The summed E-state index contributed by atoms with van der Waals surface area (Å²) in [7, 11) is 0. The molecule has 6 rings (SSSR count). The van der Waals surface area contributed by atoms with Crippen LogP contribution in [-0.4, -0.2) is 58.6 Å². The van der Waals surface area contributed by atoms with Crippen LogP contribution in [0.1, 0.15) is 72.9 Å². The second-order valence-electron chi connectivity index (χ2n) is 11.1. The monoisotopic (exact) mass is 530 g/mol. The Kier molecular flexibility index (Phi) is 7.51. The van der Waals surface area contributed by atoms with E-state index in [-0.39, 0.29) is 5.56 Å². The van der Waals surface area contributed by atoms with Gasteiger partial charge in [-0.1, -0.05) is 19.8 Å². The zero-order chi connectivity index (χ0) is 26.9. The summed E-state index contributed by atoms with van der Waals surface area (Å²) >= 11 is 0. The van der Waals surface area contributed by atoms with Crippen molar-refractivity contribution in [1.82, 2.24) is 19.8 Å². The quantitative estimate of drug-likeness (QED) is 0.239. The Hall–Kier alpha value is -3.07. The number of pyridine rings is 2. The molecule has 8 heteroatoms. The summed E-state index contributed by atoms with van der Waals surface area (Å²) in [6.45, 7) is 8.28. The van der Waals surface area contributed by atoms with Crippen LogP contribution in [0.15, 0.2) is 23.0 Å². The number of carbonyl (C=O) groups is 1. The summed E-state index contributed by atoms with van der Waals surface area (Å²) in [5.74, 6) is 0.876. The van der Waals surface area contributed by atoms with Crippen LogP contribution in [0.5, 0.6) is 5.75 Å². The lowest BCUT2D eigenvalue weighted by atomic mass is 9.97. The summed E-state index contributed by atoms with van der Waals surface area (Å²) in [6, 6.07) is 6.03. The first-order valence-electron chi connectivity index (χ1n) is 14.5. The number of fused-ring (bicyclic) bond motifs is 5. The molecule has 1 atom stereocenters. The van der Waals surface area contributed by atoms with Crippen LogP contribution in [0.25, 0.3) is 22.3 Å². The fourth-order valence-corrected chi connectivity index (χ4v) is 6.51. The predicted molar refractivity (Wildman–Crippen MR) is 151 cm³/mol. The first-order chi connectivity index (χ1) is 19.1. The van der Waals surface area contributed by atoms with Gasteiger partial charge in [0.15, 0.2) is 6.29 Å². The van der Waals surface area contributed by atoms with Crippen LogP contribution in [0.2, 0.25) is 0 Å². The van der Waals surface area contributed by atoms with Gasteiger partial charge in [-0.2, -0.15) is 0 Å². The number of nitrogens with one attached hydrogen (secondary N) is 1. The molecule has 1 aromatic carbocycles. The van der Waals surface area contributed by atoms with Crippen LogP contribution in [-0.2, 0) is 30.7 Å². The molecule has 0 radical (unpaired) electrons. The van der Waals surface area contributed by atoms with E-state index in [0.29, 0.717) is 49.2 Å². The van der Waals surface area contributed by atoms with Crippen molar-refractivity contribution < 1.29 is 14.6 Å². The zero-order valence-corrected chi connectivity index (χ0v) is 22.8. The highest BCUT2D eigenvalue weighted by Gasteiger charge is 2.30. The average molecular weight is 531 g/mol. The number of hydrogen-bond donors (Lipinski definition) is 2. The summed E-state index contributed by atoms with van der Waals surface area (Å²) in [5, 5.41) is 15.3. The molecule has 8 nitrogen and oxygen atoms in total. The molecule has 1 unspecified atom stereocenters. The van der Waals surface area contributed by atoms with E-state index < -0.39 is 6.10 Å². The van der Waals surface area contributed by atoms with Gasteiger partial charge >= 0.3 is 0 Å². The molecule has 39 heavy (non-hydrogen) atoms. The van der Waals surface area contributed by atoms with E-state index in [9.17, 15) is 14.7 Å². The number of carbonyl (C=O) groups excluding carboxylic acids is 1. The van der Waals surface area contributed by atoms with Gasteiger partial charge in [0.05, 0.1) is 30.1 Å². The number of ether oxygens (including phenoxy) is 1. The number of aliphatic hydroxyl groups excluding tert-OH is 1. The van der Waals surface area contributed by atoms with Gasteiger partial charge in [-0.3, -0.25) is 4.79 Å². The van der Waals surface area contributed by atoms with Gasteiger partial charge in [-0.15, -0.1) is 0 Å². The topological polar surface area (TPSA) is 96.7 Å². The Morgan fingerprint density at radius 1 is 1.18 bits per heavy atom. The highest BCUT2D eigenvalue weighted by Crippen LogP contribution is 2.39. The maximum absolute atomic E-state index is 13.6. The normalized spacial score (nSPS) is 17.1. The van der Waals surface area contributed by atoms with Crippen molar-refractivity contribution in [3.05, 3.63) is 56.4 Å². The SMILES string of the molecule is CCCc1c(C(O)C=O)cc2n(c1=O)Cc1c-2nc2cc3c(cc2c1CNCCCN1CCCCC1)CCO3. The minimum atomic E-state index is -1.33. The molecular weight excluding hydrogens is 492 g/mol. The van der Waals surface area contributed by atoms with Crippen LogP contribution in [0.4, 0.5) is 0 Å². The van der Waals surface area contributed by atoms with Gasteiger partial charge < -0.3 is 29.4 Å². The number of likely N-dealkylation sites (tertiary alicyclic amines) is 1. The maximum atomic E-state index is 13.6. The third kappa shape index (κ3) is 4.90. The third-order valence-electron chi connectivity index (χ3n) is 8.53. The number of rotatable bonds is 10. The summed E-state index contributed by atoms with van der Waals surface area (Å²) < 4.78 is 7.62. The molecule has 3 aromatic rings. The highest BCUT2D eigenvalue weighted by molar-refractivity contribution is 5.90. The molecule has 3 aliphatic rings. The molecule has 206 valence electrons. The summed E-state index contributed by atoms with van der Waals surface area (Å²) in [5.41, 5.74) is 6.45. The van der Waals surface area contributed by atoms with Gasteiger partial charge in [0.2, 0.25) is 0 Å². The Balaban J connectivity index is 1.37. The minimum absolute atomic E-state index is 0.140. The van der Waals surface area contributed by atoms with Crippen LogP contribution < -0.4 is 15.6 Å². The van der Waals surface area contributed by atoms with Crippen LogP contribution in [0, 0.1) is 0 Å². The molecule has 1 fully saturated rings. The molecular formula is C31H38N4O4. The van der Waals surface area contributed by atoms with E-state index >= 15 is 0 Å². The maximum Gasteiger partial charge on any atom is 0.254 e. The number of hydrogen-bond acceptors (Lipinski definition) is 7. The third-order valence-corrected chi connectivity index (χ3v) is 8.53. The average Bonchev–Trinajstić information content (AvgIpc) is 3.57. The standard InChI is InChI=1S/C31H38N4O4/c1-2-7-21-23(28(37)19-36)15-27-30-25(18-35(27)31(21)38)24(17-32-9-6-12-34-10-4-3-5-11-34)22-14-20-8-13-39-29(20)16-26(22)33-30/h14-16,19,28,32,37H,2-13,17-18H2,1H3. The first-order valence-corrected chi connectivity index (χ1v) is 14.5. The van der Waals surface area contributed by atoms with Crippen molar-refractivity contribution in [2.75, 3.05) is 32.8 Å². The number of piperidine rings is 1. The summed E-state index contributed by atoms with van der Waals surface area (Å²) in [4.78, 5) is 32.8. The van der Waals surface area contributed by atoms with Crippen molar-refractivity contribution in [1.29, 1.82) is 0 Å². The molecule has 0 spiro atoms. The molecule has 0 amide bonds. The Labute approximate surface area is 229 Å². The lowest BCUT2D eigenvalue weighted by Crippen LogP contribution is -2.32. The highest BCUT2D eigenvalue weighted by atomic mass is 16.5. The number of aldehydes is 1. The number of benzene rings is 1. The molecule has 0 saturated carbocycles. The van der Waals surface area contributed by atoms with Gasteiger partial charge in [-0.05, 0) is 80.7 Å². The molecule has 5 heterocycles. The molecule has 0 bridgehead atoms. The molecule has 3 aliphatic heterocycles. The minimum Gasteiger partial charge on any atom is -0.493 e. The van der Waals surface area contributed by atoms with Gasteiger partial charge in [-0.25, -0.2) is 4.98 Å². The van der Waals surface area contributed by atoms with E-state index in [2.05, 4.69) is 16.3 Å². The van der Waals surface area contributed by atoms with E-state index in [0.717, 1.165) is 60.3 Å².